The van der Waals surface area contributed by atoms with E-state index in [1.807, 2.05) is 31.7 Å². The summed E-state index contributed by atoms with van der Waals surface area (Å²) in [5.41, 5.74) is 7.46. The molecule has 0 fully saturated rings. The number of hydrogen-bond donors (Lipinski definition) is 2. The van der Waals surface area contributed by atoms with Crippen LogP contribution in [0, 0.1) is 6.92 Å². The number of aryl methyl sites for hydroxylation is 1. The number of carboxylic acid groups (broad SMARTS) is 1. The molecule has 1 aromatic rings. The Balaban J connectivity index is 3.00. The van der Waals surface area contributed by atoms with Gasteiger partial charge in [0.15, 0.2) is 0 Å². The van der Waals surface area contributed by atoms with Crippen LogP contribution >= 0.6 is 0 Å². The quantitative estimate of drug-likeness (QED) is 0.820. The molecule has 0 unspecified atom stereocenters. The monoisotopic (exact) mass is 264 g/mol. The number of aliphatic carboxylic acids is 1. The summed E-state index contributed by atoms with van der Waals surface area (Å²) in [5.74, 6) is -1.28. The molecule has 0 bridgehead atoms. The first-order chi connectivity index (χ1) is 8.82. The number of carbonyl (C=O) groups excluding carboxylic acids is 1. The number of benzene rings is 1. The number of amides is 1. The molecule has 104 valence electrons. The SMILES string of the molecule is Cc1cc(N(CCC(=O)O)C(C)C)ccc1C(N)=O. The zero-order valence-corrected chi connectivity index (χ0v) is 11.5. The number of carboxylic acids is 1. The topological polar surface area (TPSA) is 83.6 Å². The largest absolute Gasteiger partial charge is 0.481 e. The van der Waals surface area contributed by atoms with E-state index in [9.17, 15) is 9.59 Å². The van der Waals surface area contributed by atoms with E-state index in [1.165, 1.54) is 0 Å². The summed E-state index contributed by atoms with van der Waals surface area (Å²) in [6.07, 6.45) is 0.0782. The van der Waals surface area contributed by atoms with Gasteiger partial charge in [0.05, 0.1) is 6.42 Å². The van der Waals surface area contributed by atoms with Gasteiger partial charge in [0.25, 0.3) is 0 Å². The van der Waals surface area contributed by atoms with Crippen LogP contribution in [0.15, 0.2) is 18.2 Å². The molecular weight excluding hydrogens is 244 g/mol. The van der Waals surface area contributed by atoms with Crippen molar-refractivity contribution in [2.45, 2.75) is 33.2 Å². The van der Waals surface area contributed by atoms with E-state index in [4.69, 9.17) is 10.8 Å². The van der Waals surface area contributed by atoms with E-state index >= 15 is 0 Å². The van der Waals surface area contributed by atoms with Crippen molar-refractivity contribution in [2.75, 3.05) is 11.4 Å². The van der Waals surface area contributed by atoms with Crippen LogP contribution < -0.4 is 10.6 Å². The smallest absolute Gasteiger partial charge is 0.305 e. The first-order valence-electron chi connectivity index (χ1n) is 6.21. The van der Waals surface area contributed by atoms with Crippen molar-refractivity contribution < 1.29 is 14.7 Å². The van der Waals surface area contributed by atoms with Gasteiger partial charge in [0, 0.05) is 23.8 Å². The van der Waals surface area contributed by atoms with Crippen molar-refractivity contribution in [1.82, 2.24) is 0 Å². The van der Waals surface area contributed by atoms with Crippen LogP contribution in [0.1, 0.15) is 36.2 Å². The maximum Gasteiger partial charge on any atom is 0.305 e. The Morgan fingerprint density at radius 1 is 1.37 bits per heavy atom. The second-order valence-corrected chi connectivity index (χ2v) is 4.79. The number of nitrogens with zero attached hydrogens (tertiary/aromatic N) is 1. The number of rotatable bonds is 6. The summed E-state index contributed by atoms with van der Waals surface area (Å²) in [7, 11) is 0. The molecule has 0 aromatic heterocycles. The summed E-state index contributed by atoms with van der Waals surface area (Å²) in [5, 5.41) is 8.77. The van der Waals surface area contributed by atoms with Gasteiger partial charge in [-0.2, -0.15) is 0 Å². The van der Waals surface area contributed by atoms with Crippen LogP contribution in [0.25, 0.3) is 0 Å². The van der Waals surface area contributed by atoms with Crippen LogP contribution in [0.4, 0.5) is 5.69 Å². The van der Waals surface area contributed by atoms with Gasteiger partial charge in [-0.3, -0.25) is 9.59 Å². The molecule has 0 atom stereocenters. The highest BCUT2D eigenvalue weighted by Crippen LogP contribution is 2.21. The Morgan fingerprint density at radius 2 is 2.00 bits per heavy atom. The zero-order valence-electron chi connectivity index (χ0n) is 11.5. The number of hydrogen-bond acceptors (Lipinski definition) is 3. The third-order valence-corrected chi connectivity index (χ3v) is 3.00. The molecule has 0 spiro atoms. The standard InChI is InChI=1S/C14H20N2O3/c1-9(2)16(7-6-13(17)18)11-4-5-12(14(15)19)10(3)8-11/h4-5,8-9H,6-7H2,1-3H3,(H2,15,19)(H,17,18). The van der Waals surface area contributed by atoms with Crippen LogP contribution in [0.2, 0.25) is 0 Å². The van der Waals surface area contributed by atoms with Crippen molar-refractivity contribution >= 4 is 17.6 Å². The maximum atomic E-state index is 11.2. The first kappa shape index (κ1) is 15.0. The molecule has 1 rings (SSSR count). The Bertz CT molecular complexity index is 484. The Kier molecular flexibility index (Phi) is 4.92. The Hall–Kier alpha value is -2.04. The predicted octanol–water partition coefficient (Wildman–Crippen LogP) is 1.78. The molecule has 0 saturated carbocycles. The van der Waals surface area contributed by atoms with Crippen molar-refractivity contribution in [2.24, 2.45) is 5.73 Å². The second-order valence-electron chi connectivity index (χ2n) is 4.79. The van der Waals surface area contributed by atoms with Crippen LogP contribution in [0.3, 0.4) is 0 Å². The van der Waals surface area contributed by atoms with Gasteiger partial charge in [0.1, 0.15) is 0 Å². The molecule has 0 radical (unpaired) electrons. The highest BCUT2D eigenvalue weighted by molar-refractivity contribution is 5.94. The molecule has 0 aliphatic rings. The lowest BCUT2D eigenvalue weighted by atomic mass is 10.1. The molecule has 0 heterocycles. The highest BCUT2D eigenvalue weighted by atomic mass is 16.4. The number of nitrogens with two attached hydrogens (primary N) is 1. The third-order valence-electron chi connectivity index (χ3n) is 3.00. The number of primary amides is 1. The van der Waals surface area contributed by atoms with E-state index in [1.54, 1.807) is 12.1 Å². The van der Waals surface area contributed by atoms with E-state index < -0.39 is 11.9 Å². The summed E-state index contributed by atoms with van der Waals surface area (Å²) in [6, 6.07) is 5.53. The molecule has 0 saturated heterocycles. The summed E-state index contributed by atoms with van der Waals surface area (Å²) < 4.78 is 0. The zero-order chi connectivity index (χ0) is 14.6. The van der Waals surface area contributed by atoms with E-state index in [-0.39, 0.29) is 12.5 Å². The van der Waals surface area contributed by atoms with Gasteiger partial charge >= 0.3 is 5.97 Å². The van der Waals surface area contributed by atoms with Gasteiger partial charge < -0.3 is 15.7 Å². The van der Waals surface area contributed by atoms with E-state index in [2.05, 4.69) is 0 Å². The molecule has 19 heavy (non-hydrogen) atoms. The fourth-order valence-corrected chi connectivity index (χ4v) is 2.00. The van der Waals surface area contributed by atoms with Crippen LogP contribution in [0.5, 0.6) is 0 Å². The van der Waals surface area contributed by atoms with Gasteiger partial charge in [-0.15, -0.1) is 0 Å². The van der Waals surface area contributed by atoms with E-state index in [0.29, 0.717) is 12.1 Å². The van der Waals surface area contributed by atoms with Gasteiger partial charge in [-0.1, -0.05) is 0 Å². The lowest BCUT2D eigenvalue weighted by Gasteiger charge is -2.29. The van der Waals surface area contributed by atoms with Crippen molar-refractivity contribution in [1.29, 1.82) is 0 Å². The molecule has 1 amide bonds. The summed E-state index contributed by atoms with van der Waals surface area (Å²) >= 11 is 0. The average Bonchev–Trinajstić information content (AvgIpc) is 2.27. The third kappa shape index (κ3) is 3.98. The van der Waals surface area contributed by atoms with Crippen molar-refractivity contribution in [3.63, 3.8) is 0 Å². The Labute approximate surface area is 113 Å². The molecule has 5 heteroatoms. The average molecular weight is 264 g/mol. The van der Waals surface area contributed by atoms with E-state index in [0.717, 1.165) is 11.3 Å². The number of anilines is 1. The maximum absolute atomic E-state index is 11.2. The minimum atomic E-state index is -0.823. The Morgan fingerprint density at radius 3 is 2.42 bits per heavy atom. The lowest BCUT2D eigenvalue weighted by molar-refractivity contribution is -0.136. The normalized spacial score (nSPS) is 10.5. The van der Waals surface area contributed by atoms with Crippen molar-refractivity contribution in [3.8, 4) is 0 Å². The van der Waals surface area contributed by atoms with Gasteiger partial charge in [-0.05, 0) is 44.5 Å². The van der Waals surface area contributed by atoms with Crippen molar-refractivity contribution in [3.05, 3.63) is 29.3 Å². The van der Waals surface area contributed by atoms with Gasteiger partial charge in [-0.25, -0.2) is 0 Å². The van der Waals surface area contributed by atoms with Crippen LogP contribution in [-0.4, -0.2) is 29.6 Å². The highest BCUT2D eigenvalue weighted by Gasteiger charge is 2.14. The fourth-order valence-electron chi connectivity index (χ4n) is 2.00. The first-order valence-corrected chi connectivity index (χ1v) is 6.21. The lowest BCUT2D eigenvalue weighted by Crippen LogP contribution is -2.33. The minimum Gasteiger partial charge on any atom is -0.481 e. The van der Waals surface area contributed by atoms with Crippen LogP contribution in [-0.2, 0) is 4.79 Å². The molecule has 0 aliphatic carbocycles. The van der Waals surface area contributed by atoms with Gasteiger partial charge in [0.2, 0.25) is 5.91 Å². The molecule has 3 N–H and O–H groups in total. The fraction of sp³-hybridized carbons (Fsp3) is 0.429. The molecule has 5 nitrogen and oxygen atoms in total. The summed E-state index contributed by atoms with van der Waals surface area (Å²) in [4.78, 5) is 23.9. The minimum absolute atomic E-state index is 0.0782. The predicted molar refractivity (Wildman–Crippen MR) is 74.4 cm³/mol. The molecular formula is C14H20N2O3. The molecule has 0 aliphatic heterocycles. The number of carbonyl (C=O) groups is 2. The molecule has 1 aromatic carbocycles. The second kappa shape index (κ2) is 6.22. The summed E-state index contributed by atoms with van der Waals surface area (Å²) in [6.45, 7) is 6.25.